The molecule has 0 bridgehead atoms. The van der Waals surface area contributed by atoms with Crippen molar-refractivity contribution in [1.82, 2.24) is 4.31 Å². The Kier molecular flexibility index (Phi) is 6.39. The summed E-state index contributed by atoms with van der Waals surface area (Å²) in [6.07, 6.45) is 0. The minimum absolute atomic E-state index is 0.185. The smallest absolute Gasteiger partial charge is 0.243 e. The van der Waals surface area contributed by atoms with Crippen LogP contribution in [-0.2, 0) is 14.8 Å². The number of ether oxygens (including phenoxy) is 1. The van der Waals surface area contributed by atoms with Crippen LogP contribution in [0.3, 0.4) is 0 Å². The van der Waals surface area contributed by atoms with Crippen molar-refractivity contribution in [3.63, 3.8) is 0 Å². The Labute approximate surface area is 155 Å². The average molecular weight is 376 g/mol. The summed E-state index contributed by atoms with van der Waals surface area (Å²) in [6.45, 7) is 3.58. The maximum Gasteiger partial charge on any atom is 0.243 e. The molecule has 6 nitrogen and oxygen atoms in total. The summed E-state index contributed by atoms with van der Waals surface area (Å²) in [6, 6.07) is 13.6. The number of carbonyl (C=O) groups is 1. The van der Waals surface area contributed by atoms with Gasteiger partial charge in [-0.3, -0.25) is 4.79 Å². The normalized spacial score (nSPS) is 11.4. The number of hydrogen-bond acceptors (Lipinski definition) is 4. The molecular formula is C19H24N2O4S. The van der Waals surface area contributed by atoms with Crippen molar-refractivity contribution in [3.8, 4) is 5.75 Å². The van der Waals surface area contributed by atoms with Crippen LogP contribution < -0.4 is 9.64 Å². The number of carbonyl (C=O) groups excluding carboxylic acids is 1. The van der Waals surface area contributed by atoms with Gasteiger partial charge in [0.15, 0.2) is 0 Å². The molecule has 1 amide bonds. The Morgan fingerprint density at radius 2 is 1.62 bits per heavy atom. The number of benzene rings is 2. The average Bonchev–Trinajstić information content (AvgIpc) is 2.65. The van der Waals surface area contributed by atoms with Crippen LogP contribution in [0.15, 0.2) is 53.4 Å². The van der Waals surface area contributed by atoms with Crippen molar-refractivity contribution in [3.05, 3.63) is 54.1 Å². The summed E-state index contributed by atoms with van der Waals surface area (Å²) in [5.41, 5.74) is 1.64. The standard InChI is InChI=1S/C19H24N2O4S/c1-5-21(26(23,24)18-12-6-15(2)7-13-18)14-19(22)20(3)16-8-10-17(25-4)11-9-16/h6-13H,5,14H2,1-4H3. The molecule has 0 fully saturated rings. The molecule has 7 heteroatoms. The van der Waals surface area contributed by atoms with Crippen LogP contribution in [0.25, 0.3) is 0 Å². The van der Waals surface area contributed by atoms with E-state index in [9.17, 15) is 13.2 Å². The Morgan fingerprint density at radius 1 is 1.04 bits per heavy atom. The molecule has 140 valence electrons. The quantitative estimate of drug-likeness (QED) is 0.745. The van der Waals surface area contributed by atoms with Crippen molar-refractivity contribution < 1.29 is 17.9 Å². The van der Waals surface area contributed by atoms with Gasteiger partial charge in [-0.15, -0.1) is 0 Å². The molecule has 0 saturated heterocycles. The summed E-state index contributed by atoms with van der Waals surface area (Å²) in [5, 5.41) is 0. The number of nitrogens with zero attached hydrogens (tertiary/aromatic N) is 2. The van der Waals surface area contributed by atoms with Crippen molar-refractivity contribution in [2.45, 2.75) is 18.7 Å². The van der Waals surface area contributed by atoms with Gasteiger partial charge in [0.1, 0.15) is 5.75 Å². The van der Waals surface area contributed by atoms with E-state index in [0.717, 1.165) is 5.56 Å². The maximum absolute atomic E-state index is 12.8. The van der Waals surface area contributed by atoms with Crippen LogP contribution in [0.4, 0.5) is 5.69 Å². The summed E-state index contributed by atoms with van der Waals surface area (Å²) in [7, 11) is -0.534. The van der Waals surface area contributed by atoms with E-state index < -0.39 is 10.0 Å². The van der Waals surface area contributed by atoms with Crippen molar-refractivity contribution >= 4 is 21.6 Å². The summed E-state index contributed by atoms with van der Waals surface area (Å²) >= 11 is 0. The van der Waals surface area contributed by atoms with Gasteiger partial charge in [0, 0.05) is 19.3 Å². The number of aryl methyl sites for hydroxylation is 1. The van der Waals surface area contributed by atoms with E-state index in [1.54, 1.807) is 69.6 Å². The first-order chi connectivity index (χ1) is 12.3. The van der Waals surface area contributed by atoms with Crippen LogP contribution in [0.1, 0.15) is 12.5 Å². The zero-order valence-corrected chi connectivity index (χ0v) is 16.3. The van der Waals surface area contributed by atoms with E-state index in [1.807, 2.05) is 6.92 Å². The number of amides is 1. The SMILES string of the molecule is CCN(CC(=O)N(C)c1ccc(OC)cc1)S(=O)(=O)c1ccc(C)cc1. The molecule has 0 aromatic heterocycles. The predicted octanol–water partition coefficient (Wildman–Crippen LogP) is 2.68. The molecular weight excluding hydrogens is 352 g/mol. The first kappa shape index (κ1) is 19.9. The zero-order valence-electron chi connectivity index (χ0n) is 15.5. The van der Waals surface area contributed by atoms with Crippen LogP contribution in [0.2, 0.25) is 0 Å². The maximum atomic E-state index is 12.8. The molecule has 0 saturated carbocycles. The Hall–Kier alpha value is -2.38. The lowest BCUT2D eigenvalue weighted by Gasteiger charge is -2.24. The van der Waals surface area contributed by atoms with E-state index >= 15 is 0 Å². The largest absolute Gasteiger partial charge is 0.497 e. The molecule has 0 spiro atoms. The lowest BCUT2D eigenvalue weighted by molar-refractivity contribution is -0.118. The van der Waals surface area contributed by atoms with Crippen molar-refractivity contribution in [2.24, 2.45) is 0 Å². The fourth-order valence-corrected chi connectivity index (χ4v) is 3.83. The number of likely N-dealkylation sites (N-methyl/N-ethyl adjacent to an activating group) is 2. The summed E-state index contributed by atoms with van der Waals surface area (Å²) in [4.78, 5) is 14.2. The number of rotatable bonds is 7. The van der Waals surface area contributed by atoms with Crippen LogP contribution in [0, 0.1) is 6.92 Å². The lowest BCUT2D eigenvalue weighted by Crippen LogP contribution is -2.41. The fourth-order valence-electron chi connectivity index (χ4n) is 2.43. The third-order valence-electron chi connectivity index (χ3n) is 4.16. The Bertz CT molecular complexity index is 846. The fraction of sp³-hybridized carbons (Fsp3) is 0.316. The van der Waals surface area contributed by atoms with E-state index in [2.05, 4.69) is 0 Å². The highest BCUT2D eigenvalue weighted by atomic mass is 32.2. The minimum Gasteiger partial charge on any atom is -0.497 e. The zero-order chi connectivity index (χ0) is 19.3. The van der Waals surface area contributed by atoms with Gasteiger partial charge in [0.2, 0.25) is 15.9 Å². The summed E-state index contributed by atoms with van der Waals surface area (Å²) in [5.74, 6) is 0.374. The van der Waals surface area contributed by atoms with E-state index in [-0.39, 0.29) is 23.9 Å². The highest BCUT2D eigenvalue weighted by Crippen LogP contribution is 2.20. The second-order valence-electron chi connectivity index (χ2n) is 5.90. The van der Waals surface area contributed by atoms with Crippen LogP contribution in [-0.4, -0.2) is 45.9 Å². The van der Waals surface area contributed by atoms with Gasteiger partial charge in [-0.1, -0.05) is 24.6 Å². The first-order valence-electron chi connectivity index (χ1n) is 8.27. The van der Waals surface area contributed by atoms with E-state index in [1.165, 1.54) is 9.21 Å². The summed E-state index contributed by atoms with van der Waals surface area (Å²) < 4.78 is 31.9. The molecule has 0 aliphatic rings. The second kappa shape index (κ2) is 8.33. The molecule has 2 aromatic carbocycles. The van der Waals surface area contributed by atoms with Gasteiger partial charge in [-0.25, -0.2) is 8.42 Å². The minimum atomic E-state index is -3.72. The third-order valence-corrected chi connectivity index (χ3v) is 6.09. The molecule has 0 heterocycles. The monoisotopic (exact) mass is 376 g/mol. The highest BCUT2D eigenvalue weighted by molar-refractivity contribution is 7.89. The lowest BCUT2D eigenvalue weighted by atomic mass is 10.2. The predicted molar refractivity (Wildman–Crippen MR) is 102 cm³/mol. The van der Waals surface area contributed by atoms with E-state index in [0.29, 0.717) is 11.4 Å². The molecule has 0 radical (unpaired) electrons. The molecule has 0 aliphatic heterocycles. The van der Waals surface area contributed by atoms with Crippen LogP contribution in [0.5, 0.6) is 5.75 Å². The van der Waals surface area contributed by atoms with Gasteiger partial charge >= 0.3 is 0 Å². The number of sulfonamides is 1. The van der Waals surface area contributed by atoms with Gasteiger partial charge in [-0.05, 0) is 43.3 Å². The molecule has 26 heavy (non-hydrogen) atoms. The Morgan fingerprint density at radius 3 is 2.12 bits per heavy atom. The number of anilines is 1. The molecule has 0 unspecified atom stereocenters. The van der Waals surface area contributed by atoms with Crippen molar-refractivity contribution in [1.29, 1.82) is 0 Å². The third kappa shape index (κ3) is 4.42. The number of hydrogen-bond donors (Lipinski definition) is 0. The van der Waals surface area contributed by atoms with E-state index in [4.69, 9.17) is 4.74 Å². The van der Waals surface area contributed by atoms with Gasteiger partial charge < -0.3 is 9.64 Å². The van der Waals surface area contributed by atoms with Crippen LogP contribution >= 0.6 is 0 Å². The first-order valence-corrected chi connectivity index (χ1v) is 9.71. The second-order valence-corrected chi connectivity index (χ2v) is 7.83. The van der Waals surface area contributed by atoms with Gasteiger partial charge in [-0.2, -0.15) is 4.31 Å². The molecule has 0 atom stereocenters. The Balaban J connectivity index is 2.17. The molecule has 2 rings (SSSR count). The van der Waals surface area contributed by atoms with Gasteiger partial charge in [0.05, 0.1) is 18.6 Å². The van der Waals surface area contributed by atoms with Crippen molar-refractivity contribution in [2.75, 3.05) is 32.1 Å². The number of methoxy groups -OCH3 is 1. The van der Waals surface area contributed by atoms with Gasteiger partial charge in [0.25, 0.3) is 0 Å². The molecule has 0 aliphatic carbocycles. The highest BCUT2D eigenvalue weighted by Gasteiger charge is 2.26. The molecule has 2 aromatic rings. The topological polar surface area (TPSA) is 66.9 Å². The molecule has 0 N–H and O–H groups in total.